The van der Waals surface area contributed by atoms with Gasteiger partial charge in [0.25, 0.3) is 0 Å². The third kappa shape index (κ3) is 4.89. The van der Waals surface area contributed by atoms with Crippen molar-refractivity contribution < 1.29 is 0 Å². The number of para-hydroxylation sites is 1. The molecule has 9 aromatic carbocycles. The number of rotatable bonds is 6. The Bertz CT molecular complexity index is 2920. The molecule has 0 spiro atoms. The van der Waals surface area contributed by atoms with E-state index in [1.165, 1.54) is 77.5 Å². The van der Waals surface area contributed by atoms with E-state index in [9.17, 15) is 0 Å². The van der Waals surface area contributed by atoms with Gasteiger partial charge in [0.2, 0.25) is 0 Å². The summed E-state index contributed by atoms with van der Waals surface area (Å²) >= 11 is 0. The molecule has 0 radical (unpaired) electrons. The van der Waals surface area contributed by atoms with E-state index in [-0.39, 0.29) is 5.41 Å². The van der Waals surface area contributed by atoms with Crippen molar-refractivity contribution in [3.05, 3.63) is 246 Å². The van der Waals surface area contributed by atoms with Crippen molar-refractivity contribution in [2.24, 2.45) is 0 Å². The molecule has 0 saturated carbocycles. The molecule has 0 aromatic heterocycles. The molecule has 0 amide bonds. The average molecular weight is 728 g/mol. The van der Waals surface area contributed by atoms with Gasteiger partial charge >= 0.3 is 0 Å². The summed E-state index contributed by atoms with van der Waals surface area (Å²) in [5.74, 6) is 0. The van der Waals surface area contributed by atoms with Gasteiger partial charge in [0.1, 0.15) is 0 Å². The van der Waals surface area contributed by atoms with E-state index in [2.05, 4.69) is 231 Å². The molecule has 0 saturated heterocycles. The summed E-state index contributed by atoms with van der Waals surface area (Å²) in [6, 6.07) is 78.8. The maximum Gasteiger partial charge on any atom is 0.0719 e. The number of anilines is 3. The Morgan fingerprint density at radius 3 is 1.58 bits per heavy atom. The van der Waals surface area contributed by atoms with Crippen LogP contribution in [0.3, 0.4) is 0 Å². The van der Waals surface area contributed by atoms with Crippen molar-refractivity contribution in [2.45, 2.75) is 24.7 Å². The Balaban J connectivity index is 1.22. The molecule has 11 rings (SSSR count). The van der Waals surface area contributed by atoms with Gasteiger partial charge in [-0.2, -0.15) is 0 Å². The third-order valence-electron chi connectivity index (χ3n) is 12.7. The van der Waals surface area contributed by atoms with Crippen LogP contribution in [0.5, 0.6) is 0 Å². The molecule has 57 heavy (non-hydrogen) atoms. The predicted molar refractivity (Wildman–Crippen MR) is 239 cm³/mol. The fraction of sp³-hybridized carbons (Fsp3) is 0.0714. The maximum atomic E-state index is 2.48. The summed E-state index contributed by atoms with van der Waals surface area (Å²) < 4.78 is 0. The smallest absolute Gasteiger partial charge is 0.0719 e. The van der Waals surface area contributed by atoms with Crippen molar-refractivity contribution in [1.82, 2.24) is 0 Å². The lowest BCUT2D eigenvalue weighted by Gasteiger charge is -2.35. The van der Waals surface area contributed by atoms with Crippen molar-refractivity contribution in [3.8, 4) is 33.4 Å². The molecule has 1 heteroatoms. The molecule has 1 nitrogen and oxygen atoms in total. The Morgan fingerprint density at radius 1 is 0.333 bits per heavy atom. The zero-order valence-electron chi connectivity index (χ0n) is 32.2. The van der Waals surface area contributed by atoms with Crippen molar-refractivity contribution in [3.63, 3.8) is 0 Å². The van der Waals surface area contributed by atoms with Crippen LogP contribution in [-0.2, 0) is 10.8 Å². The van der Waals surface area contributed by atoms with Gasteiger partial charge < -0.3 is 4.90 Å². The number of hydrogen-bond acceptors (Lipinski definition) is 1. The van der Waals surface area contributed by atoms with Crippen LogP contribution in [-0.4, -0.2) is 0 Å². The monoisotopic (exact) mass is 727 g/mol. The molecule has 0 aliphatic heterocycles. The Hall–Kier alpha value is -6.96. The van der Waals surface area contributed by atoms with Gasteiger partial charge in [-0.1, -0.05) is 184 Å². The van der Waals surface area contributed by atoms with E-state index in [0.717, 1.165) is 17.1 Å². The van der Waals surface area contributed by atoms with Crippen molar-refractivity contribution >= 4 is 27.8 Å². The fourth-order valence-electron chi connectivity index (χ4n) is 10.2. The van der Waals surface area contributed by atoms with E-state index in [1.807, 2.05) is 0 Å². The first-order valence-electron chi connectivity index (χ1n) is 20.0. The highest BCUT2D eigenvalue weighted by atomic mass is 15.1. The zero-order chi connectivity index (χ0) is 38.1. The van der Waals surface area contributed by atoms with Crippen LogP contribution in [0.15, 0.2) is 212 Å². The highest BCUT2D eigenvalue weighted by molar-refractivity contribution is 6.08. The van der Waals surface area contributed by atoms with Crippen LogP contribution in [0.1, 0.15) is 47.2 Å². The molecule has 270 valence electrons. The van der Waals surface area contributed by atoms with E-state index in [1.54, 1.807) is 0 Å². The number of fused-ring (bicyclic) bond motifs is 8. The molecule has 0 atom stereocenters. The van der Waals surface area contributed by atoms with Crippen molar-refractivity contribution in [1.29, 1.82) is 0 Å². The Kier molecular flexibility index (Phi) is 7.50. The third-order valence-corrected chi connectivity index (χ3v) is 12.7. The minimum atomic E-state index is -0.540. The minimum absolute atomic E-state index is 0.110. The lowest BCUT2D eigenvalue weighted by molar-refractivity contribution is 0.660. The number of nitrogens with zero attached hydrogens (tertiary/aromatic N) is 1. The van der Waals surface area contributed by atoms with Gasteiger partial charge in [-0.05, 0) is 120 Å². The van der Waals surface area contributed by atoms with Gasteiger partial charge in [-0.3, -0.25) is 0 Å². The van der Waals surface area contributed by atoms with Gasteiger partial charge in [0, 0.05) is 22.5 Å². The lowest BCUT2D eigenvalue weighted by atomic mass is 9.66. The van der Waals surface area contributed by atoms with E-state index < -0.39 is 5.41 Å². The van der Waals surface area contributed by atoms with Crippen LogP contribution in [0.4, 0.5) is 17.1 Å². The van der Waals surface area contributed by atoms with Gasteiger partial charge in [-0.15, -0.1) is 0 Å². The molecule has 9 aromatic rings. The molecule has 0 unspecified atom stereocenters. The van der Waals surface area contributed by atoms with Crippen molar-refractivity contribution in [2.75, 3.05) is 4.90 Å². The second-order valence-corrected chi connectivity index (χ2v) is 16.0. The topological polar surface area (TPSA) is 3.24 Å². The van der Waals surface area contributed by atoms with Crippen LogP contribution in [0, 0.1) is 0 Å². The van der Waals surface area contributed by atoms with E-state index in [0.29, 0.717) is 0 Å². The van der Waals surface area contributed by atoms with Crippen LogP contribution < -0.4 is 4.90 Å². The summed E-state index contributed by atoms with van der Waals surface area (Å²) in [6.07, 6.45) is 0. The van der Waals surface area contributed by atoms with E-state index in [4.69, 9.17) is 0 Å². The van der Waals surface area contributed by atoms with Crippen LogP contribution in [0.25, 0.3) is 44.2 Å². The Morgan fingerprint density at radius 2 is 0.877 bits per heavy atom. The molecule has 0 N–H and O–H groups in total. The van der Waals surface area contributed by atoms with Gasteiger partial charge in [0.05, 0.1) is 5.41 Å². The van der Waals surface area contributed by atoms with E-state index >= 15 is 0 Å². The number of benzene rings is 9. The van der Waals surface area contributed by atoms with Crippen LogP contribution in [0.2, 0.25) is 0 Å². The first-order valence-corrected chi connectivity index (χ1v) is 20.0. The fourth-order valence-corrected chi connectivity index (χ4v) is 10.2. The highest BCUT2D eigenvalue weighted by Gasteiger charge is 2.48. The SMILES string of the molecule is CC1(C)c2ccccc2-c2ccc(N(c3ccccc3)c3ccc4c(c3)-c3cc(-c5ccccc5)c5ccccc5c3C4(c3ccccc3)c3ccccc3)cc21. The quantitative estimate of drug-likeness (QED) is 0.165. The summed E-state index contributed by atoms with van der Waals surface area (Å²) in [7, 11) is 0. The Labute approximate surface area is 335 Å². The van der Waals surface area contributed by atoms with Gasteiger partial charge in [-0.25, -0.2) is 0 Å². The summed E-state index contributed by atoms with van der Waals surface area (Å²) in [5, 5.41) is 2.54. The zero-order valence-corrected chi connectivity index (χ0v) is 32.2. The molecule has 0 bridgehead atoms. The first kappa shape index (κ1) is 33.4. The standard InChI is InChI=1S/C56H41N/c1-55(2)51-30-18-17-28-45(51)46-33-31-43(36-53(46)55)57(41-25-13-6-14-26-41)42-32-34-52-49(35-42)50-37-48(38-19-7-3-8-20-38)44-27-15-16-29-47(44)54(50)56(52,39-21-9-4-10-22-39)40-23-11-5-12-24-40/h3-37H,1-2H3. The molecule has 0 fully saturated rings. The second-order valence-electron chi connectivity index (χ2n) is 16.0. The first-order chi connectivity index (χ1) is 28.0. The van der Waals surface area contributed by atoms with Gasteiger partial charge in [0.15, 0.2) is 0 Å². The van der Waals surface area contributed by atoms with Crippen LogP contribution >= 0.6 is 0 Å². The lowest BCUT2D eigenvalue weighted by Crippen LogP contribution is -2.29. The molecule has 2 aliphatic carbocycles. The highest BCUT2D eigenvalue weighted by Crippen LogP contribution is 2.60. The molecule has 2 aliphatic rings. The summed E-state index contributed by atoms with van der Waals surface area (Å²) in [6.45, 7) is 4.73. The normalized spacial score (nSPS) is 14.1. The molecular formula is C56H41N. The average Bonchev–Trinajstić information content (AvgIpc) is 3.70. The molecule has 0 heterocycles. The second kappa shape index (κ2) is 12.8. The maximum absolute atomic E-state index is 2.48. The summed E-state index contributed by atoms with van der Waals surface area (Å²) in [5.41, 5.74) is 18.3. The minimum Gasteiger partial charge on any atom is -0.310 e. The predicted octanol–water partition coefficient (Wildman–Crippen LogP) is 14.6. The summed E-state index contributed by atoms with van der Waals surface area (Å²) in [4.78, 5) is 2.45. The molecular weight excluding hydrogens is 687 g/mol. The largest absolute Gasteiger partial charge is 0.310 e. The number of hydrogen-bond donors (Lipinski definition) is 0.